The summed E-state index contributed by atoms with van der Waals surface area (Å²) in [5.41, 5.74) is 1.65. The first-order valence-corrected chi connectivity index (χ1v) is 9.58. The van der Waals surface area contributed by atoms with Gasteiger partial charge in [0.1, 0.15) is 5.82 Å². The number of rotatable bonds is 8. The molecule has 2 rings (SSSR count). The molecule has 2 aromatic rings. The Bertz CT molecular complexity index is 850. The fraction of sp³-hybridized carbons (Fsp3) is 0.211. The van der Waals surface area contributed by atoms with Gasteiger partial charge in [-0.3, -0.25) is 4.79 Å². The van der Waals surface area contributed by atoms with Crippen molar-refractivity contribution in [1.82, 2.24) is 9.62 Å². The number of hydrogen-bond donors (Lipinski definition) is 1. The molecule has 0 aliphatic carbocycles. The maximum Gasteiger partial charge on any atom is 0.236 e. The molecule has 0 radical (unpaired) electrons. The zero-order valence-corrected chi connectivity index (χ0v) is 15.2. The van der Waals surface area contributed by atoms with Crippen LogP contribution in [0.4, 0.5) is 4.39 Å². The largest absolute Gasteiger partial charge is 0.355 e. The molecular weight excluding hydrogens is 355 g/mol. The molecule has 0 bridgehead atoms. The predicted octanol–water partition coefficient (Wildman–Crippen LogP) is 2.42. The van der Waals surface area contributed by atoms with Gasteiger partial charge in [-0.15, -0.1) is 0 Å². The number of carbonyl (C=O) groups is 1. The molecule has 0 fully saturated rings. The van der Waals surface area contributed by atoms with Gasteiger partial charge in [0.2, 0.25) is 15.9 Å². The molecule has 0 atom stereocenters. The van der Waals surface area contributed by atoms with Crippen molar-refractivity contribution in [2.75, 3.05) is 20.1 Å². The lowest BCUT2D eigenvalue weighted by Gasteiger charge is -2.14. The number of halogens is 1. The van der Waals surface area contributed by atoms with E-state index in [0.717, 1.165) is 20.8 Å². The van der Waals surface area contributed by atoms with Crippen molar-refractivity contribution >= 4 is 22.0 Å². The summed E-state index contributed by atoms with van der Waals surface area (Å²) >= 11 is 0. The lowest BCUT2D eigenvalue weighted by Crippen LogP contribution is -2.38. The highest BCUT2D eigenvalue weighted by Crippen LogP contribution is 2.06. The first kappa shape index (κ1) is 19.8. The summed E-state index contributed by atoms with van der Waals surface area (Å²) in [6.45, 7) is 0.0725. The van der Waals surface area contributed by atoms with E-state index in [1.165, 1.54) is 25.3 Å². The van der Waals surface area contributed by atoms with Crippen LogP contribution in [-0.2, 0) is 21.2 Å². The van der Waals surface area contributed by atoms with E-state index in [1.54, 1.807) is 24.3 Å². The zero-order valence-electron chi connectivity index (χ0n) is 14.4. The lowest BCUT2D eigenvalue weighted by molar-refractivity contribution is -0.121. The summed E-state index contributed by atoms with van der Waals surface area (Å²) in [6, 6.07) is 15.0. The van der Waals surface area contributed by atoms with E-state index >= 15 is 0 Å². The van der Waals surface area contributed by atoms with E-state index in [0.29, 0.717) is 13.0 Å². The highest BCUT2D eigenvalue weighted by atomic mass is 32.2. The Hall–Kier alpha value is -2.51. The molecule has 26 heavy (non-hydrogen) atoms. The van der Waals surface area contributed by atoms with Gasteiger partial charge in [-0.1, -0.05) is 42.5 Å². The third-order valence-corrected chi connectivity index (χ3v) is 5.16. The minimum Gasteiger partial charge on any atom is -0.355 e. The van der Waals surface area contributed by atoms with Crippen LogP contribution in [0.25, 0.3) is 6.08 Å². The van der Waals surface area contributed by atoms with Gasteiger partial charge in [-0.25, -0.2) is 12.8 Å². The number of hydrogen-bond acceptors (Lipinski definition) is 3. The number of amides is 1. The van der Waals surface area contributed by atoms with Crippen molar-refractivity contribution in [2.24, 2.45) is 0 Å². The van der Waals surface area contributed by atoms with Crippen LogP contribution in [0.1, 0.15) is 11.1 Å². The molecule has 0 unspecified atom stereocenters. The Kier molecular flexibility index (Phi) is 7.06. The quantitative estimate of drug-likeness (QED) is 0.769. The van der Waals surface area contributed by atoms with Gasteiger partial charge in [-0.05, 0) is 35.8 Å². The van der Waals surface area contributed by atoms with Gasteiger partial charge >= 0.3 is 0 Å². The average molecular weight is 376 g/mol. The molecule has 0 aliphatic rings. The molecule has 0 aromatic heterocycles. The van der Waals surface area contributed by atoms with E-state index in [1.807, 2.05) is 18.2 Å². The topological polar surface area (TPSA) is 66.5 Å². The molecule has 5 nitrogen and oxygen atoms in total. The van der Waals surface area contributed by atoms with Gasteiger partial charge in [0, 0.05) is 19.0 Å². The third-order valence-electron chi connectivity index (χ3n) is 3.68. The van der Waals surface area contributed by atoms with Crippen molar-refractivity contribution in [1.29, 1.82) is 0 Å². The van der Waals surface area contributed by atoms with Gasteiger partial charge in [0.25, 0.3) is 0 Å². The van der Waals surface area contributed by atoms with Crippen LogP contribution in [0.2, 0.25) is 0 Å². The fourth-order valence-corrected chi connectivity index (χ4v) is 3.01. The predicted molar refractivity (Wildman–Crippen MR) is 100 cm³/mol. The van der Waals surface area contributed by atoms with E-state index in [4.69, 9.17) is 0 Å². The molecule has 0 spiro atoms. The van der Waals surface area contributed by atoms with Crippen molar-refractivity contribution in [3.63, 3.8) is 0 Å². The summed E-state index contributed by atoms with van der Waals surface area (Å²) in [5.74, 6) is -0.709. The number of nitrogens with zero attached hydrogens (tertiary/aromatic N) is 1. The van der Waals surface area contributed by atoms with Crippen molar-refractivity contribution in [3.05, 3.63) is 76.9 Å². The molecule has 1 N–H and O–H groups in total. The monoisotopic (exact) mass is 376 g/mol. The van der Waals surface area contributed by atoms with E-state index in [2.05, 4.69) is 5.32 Å². The summed E-state index contributed by atoms with van der Waals surface area (Å²) in [6.07, 6.45) is 2.02. The number of nitrogens with one attached hydrogen (secondary N) is 1. The number of likely N-dealkylation sites (N-methyl/N-ethyl adjacent to an activating group) is 1. The van der Waals surface area contributed by atoms with Crippen LogP contribution in [0.15, 0.2) is 60.0 Å². The van der Waals surface area contributed by atoms with Gasteiger partial charge in [-0.2, -0.15) is 4.31 Å². The minimum absolute atomic E-state index is 0.273. The summed E-state index contributed by atoms with van der Waals surface area (Å²) in [4.78, 5) is 11.9. The second kappa shape index (κ2) is 9.26. The van der Waals surface area contributed by atoms with Crippen LogP contribution in [0.5, 0.6) is 0 Å². The number of carbonyl (C=O) groups excluding carboxylic acids is 1. The third kappa shape index (κ3) is 6.42. The zero-order chi connectivity index (χ0) is 19.0. The van der Waals surface area contributed by atoms with Crippen molar-refractivity contribution < 1.29 is 17.6 Å². The number of sulfonamides is 1. The Balaban J connectivity index is 1.81. The van der Waals surface area contributed by atoms with E-state index in [-0.39, 0.29) is 12.4 Å². The van der Waals surface area contributed by atoms with Crippen LogP contribution in [0, 0.1) is 5.82 Å². The average Bonchev–Trinajstić information content (AvgIpc) is 2.62. The summed E-state index contributed by atoms with van der Waals surface area (Å²) < 4.78 is 38.2. The maximum atomic E-state index is 12.8. The highest BCUT2D eigenvalue weighted by Gasteiger charge is 2.17. The van der Waals surface area contributed by atoms with Crippen LogP contribution in [-0.4, -0.2) is 38.8 Å². The van der Waals surface area contributed by atoms with Gasteiger partial charge in [0.15, 0.2) is 0 Å². The maximum absolute atomic E-state index is 12.8. The fourth-order valence-electron chi connectivity index (χ4n) is 2.18. The summed E-state index contributed by atoms with van der Waals surface area (Å²) in [7, 11) is -2.33. The Morgan fingerprint density at radius 1 is 1.12 bits per heavy atom. The van der Waals surface area contributed by atoms with Crippen LogP contribution < -0.4 is 5.32 Å². The molecule has 0 saturated heterocycles. The Morgan fingerprint density at radius 2 is 1.77 bits per heavy atom. The molecule has 0 heterocycles. The summed E-state index contributed by atoms with van der Waals surface area (Å²) in [5, 5.41) is 3.74. The Morgan fingerprint density at radius 3 is 2.42 bits per heavy atom. The molecule has 1 amide bonds. The van der Waals surface area contributed by atoms with Crippen molar-refractivity contribution in [2.45, 2.75) is 6.42 Å². The van der Waals surface area contributed by atoms with E-state index in [9.17, 15) is 17.6 Å². The van der Waals surface area contributed by atoms with Gasteiger partial charge < -0.3 is 5.32 Å². The van der Waals surface area contributed by atoms with Crippen LogP contribution in [0.3, 0.4) is 0 Å². The second-order valence-corrected chi connectivity index (χ2v) is 7.67. The SMILES string of the molecule is CN(CC(=O)NCCc1ccc(F)cc1)S(=O)(=O)/C=C/c1ccccc1. The van der Waals surface area contributed by atoms with Gasteiger partial charge in [0.05, 0.1) is 6.54 Å². The molecule has 7 heteroatoms. The number of benzene rings is 2. The first-order valence-electron chi connectivity index (χ1n) is 8.07. The molecule has 2 aromatic carbocycles. The van der Waals surface area contributed by atoms with E-state index < -0.39 is 15.9 Å². The highest BCUT2D eigenvalue weighted by molar-refractivity contribution is 7.92. The lowest BCUT2D eigenvalue weighted by atomic mass is 10.1. The molecule has 0 saturated carbocycles. The van der Waals surface area contributed by atoms with Crippen LogP contribution >= 0.6 is 0 Å². The first-order chi connectivity index (χ1) is 12.4. The Labute approximate surface area is 153 Å². The molecular formula is C19H21FN2O3S. The second-order valence-electron chi connectivity index (χ2n) is 5.74. The minimum atomic E-state index is -3.69. The molecule has 138 valence electrons. The normalized spacial score (nSPS) is 11.8. The molecule has 0 aliphatic heterocycles. The van der Waals surface area contributed by atoms with Crippen molar-refractivity contribution in [3.8, 4) is 0 Å². The smallest absolute Gasteiger partial charge is 0.236 e. The standard InChI is InChI=1S/C19H21FN2O3S/c1-22(26(24,25)14-12-16-5-3-2-4-6-16)15-19(23)21-13-11-17-7-9-18(20)10-8-17/h2-10,12,14H,11,13,15H2,1H3,(H,21,23)/b14-12+.